The van der Waals surface area contributed by atoms with E-state index in [1.54, 1.807) is 18.2 Å². The summed E-state index contributed by atoms with van der Waals surface area (Å²) in [5.41, 5.74) is 7.03. The molecule has 1 unspecified atom stereocenters. The smallest absolute Gasteiger partial charge is 0.193 e. The van der Waals surface area contributed by atoms with Crippen molar-refractivity contribution in [3.05, 3.63) is 35.4 Å². The number of rotatable bonds is 4. The summed E-state index contributed by atoms with van der Waals surface area (Å²) < 4.78 is 0.686. The van der Waals surface area contributed by atoms with E-state index in [-0.39, 0.29) is 12.4 Å². The fraction of sp³-hybridized carbons (Fsp3) is 0.250. The van der Waals surface area contributed by atoms with Gasteiger partial charge in [-0.25, -0.2) is 0 Å². The molecule has 1 aromatic carbocycles. The molecule has 0 spiro atoms. The number of nitriles is 1. The van der Waals surface area contributed by atoms with Gasteiger partial charge in [-0.2, -0.15) is 5.26 Å². The highest BCUT2D eigenvalue weighted by Crippen LogP contribution is 2.14. The summed E-state index contributed by atoms with van der Waals surface area (Å²) in [4.78, 5) is 10.2. The largest absolute Gasteiger partial charge is 0.389 e. The number of benzene rings is 1. The Bertz CT molecular complexity index is 565. The number of oxime groups is 2. The highest BCUT2D eigenvalue weighted by atomic mass is 79.9. The van der Waals surface area contributed by atoms with E-state index in [1.807, 2.05) is 6.07 Å². The van der Waals surface area contributed by atoms with Crippen LogP contribution >= 0.6 is 15.9 Å². The average Bonchev–Trinajstić information content (AvgIpc) is 2.86. The summed E-state index contributed by atoms with van der Waals surface area (Å²) in [6.45, 7) is 0.180. The molecule has 0 amide bonds. The number of halogens is 1. The minimum Gasteiger partial charge on any atom is -0.389 e. The molecule has 0 saturated carbocycles. The van der Waals surface area contributed by atoms with Crippen molar-refractivity contribution in [3.63, 3.8) is 0 Å². The Morgan fingerprint density at radius 1 is 1.63 bits per heavy atom. The molecule has 0 saturated heterocycles. The molecule has 1 heterocycles. The van der Waals surface area contributed by atoms with Gasteiger partial charge in [-0.15, -0.1) is 0 Å². The number of amidine groups is 1. The van der Waals surface area contributed by atoms with Crippen LogP contribution in [0.2, 0.25) is 0 Å². The van der Waals surface area contributed by atoms with E-state index in [0.29, 0.717) is 16.6 Å². The van der Waals surface area contributed by atoms with Crippen molar-refractivity contribution in [1.82, 2.24) is 0 Å². The van der Waals surface area contributed by atoms with E-state index in [0.717, 1.165) is 5.56 Å². The predicted octanol–water partition coefficient (Wildman–Crippen LogP) is 1.84. The Morgan fingerprint density at radius 2 is 2.42 bits per heavy atom. The fourth-order valence-electron chi connectivity index (χ4n) is 1.50. The maximum absolute atomic E-state index is 8.92. The monoisotopic (exact) mass is 322 g/mol. The molecule has 0 aliphatic carbocycles. The molecule has 1 atom stereocenters. The van der Waals surface area contributed by atoms with E-state index in [1.165, 1.54) is 0 Å². The average molecular weight is 323 g/mol. The van der Waals surface area contributed by atoms with Gasteiger partial charge in [0.25, 0.3) is 0 Å². The van der Waals surface area contributed by atoms with Gasteiger partial charge in [-0.3, -0.25) is 0 Å². The van der Waals surface area contributed by atoms with E-state index in [2.05, 4.69) is 32.3 Å². The van der Waals surface area contributed by atoms with Crippen LogP contribution in [-0.4, -0.2) is 16.6 Å². The molecule has 1 aliphatic rings. The fourth-order valence-corrected chi connectivity index (χ4v) is 1.87. The zero-order valence-electron chi connectivity index (χ0n) is 9.91. The van der Waals surface area contributed by atoms with E-state index >= 15 is 0 Å². The lowest BCUT2D eigenvalue weighted by molar-refractivity contribution is 0.107. The Balaban J connectivity index is 1.91. The zero-order chi connectivity index (χ0) is 13.7. The van der Waals surface area contributed by atoms with Crippen LogP contribution in [0.5, 0.6) is 0 Å². The molecule has 6 nitrogen and oxygen atoms in total. The lowest BCUT2D eigenvalue weighted by Crippen LogP contribution is -2.28. The van der Waals surface area contributed by atoms with Crippen molar-refractivity contribution < 1.29 is 9.68 Å². The van der Waals surface area contributed by atoms with Gasteiger partial charge >= 0.3 is 0 Å². The van der Waals surface area contributed by atoms with Crippen molar-refractivity contribution in [1.29, 1.82) is 5.26 Å². The van der Waals surface area contributed by atoms with E-state index in [9.17, 15) is 0 Å². The molecule has 0 fully saturated rings. The molecule has 19 heavy (non-hydrogen) atoms. The maximum atomic E-state index is 8.92. The molecule has 98 valence electrons. The first-order valence-electron chi connectivity index (χ1n) is 5.52. The van der Waals surface area contributed by atoms with Crippen molar-refractivity contribution in [2.24, 2.45) is 16.0 Å². The van der Waals surface area contributed by atoms with Crippen LogP contribution in [0.4, 0.5) is 0 Å². The third kappa shape index (κ3) is 3.45. The van der Waals surface area contributed by atoms with Crippen LogP contribution in [0.1, 0.15) is 17.5 Å². The normalized spacial score (nSPS) is 18.4. The minimum absolute atomic E-state index is 0.180. The molecule has 1 aromatic rings. The van der Waals surface area contributed by atoms with Gasteiger partial charge in [0.15, 0.2) is 11.9 Å². The second-order valence-electron chi connectivity index (χ2n) is 3.82. The van der Waals surface area contributed by atoms with Gasteiger partial charge < -0.3 is 15.4 Å². The third-order valence-corrected chi connectivity index (χ3v) is 2.96. The number of hydrogen-bond donors (Lipinski definition) is 1. The summed E-state index contributed by atoms with van der Waals surface area (Å²) in [6.07, 6.45) is 0.133. The number of nitrogens with two attached hydrogens (primary N) is 1. The van der Waals surface area contributed by atoms with Crippen LogP contribution in [0.3, 0.4) is 0 Å². The Hall–Kier alpha value is -2.07. The van der Waals surface area contributed by atoms with Crippen molar-refractivity contribution in [3.8, 4) is 6.07 Å². The van der Waals surface area contributed by atoms with E-state index in [4.69, 9.17) is 20.7 Å². The molecular weight excluding hydrogens is 312 g/mol. The van der Waals surface area contributed by atoms with Crippen LogP contribution in [-0.2, 0) is 16.3 Å². The van der Waals surface area contributed by atoms with Crippen LogP contribution in [0, 0.1) is 11.3 Å². The highest BCUT2D eigenvalue weighted by molar-refractivity contribution is 9.18. The Kier molecular flexibility index (Phi) is 4.36. The second kappa shape index (κ2) is 6.20. The molecule has 0 bridgehead atoms. The van der Waals surface area contributed by atoms with Crippen LogP contribution in [0.15, 0.2) is 34.6 Å². The van der Waals surface area contributed by atoms with Crippen molar-refractivity contribution >= 4 is 26.4 Å². The molecule has 7 heteroatoms. The molecule has 0 aromatic heterocycles. The van der Waals surface area contributed by atoms with Gasteiger partial charge in [0, 0.05) is 12.0 Å². The topological polar surface area (TPSA) is 93.0 Å². The molecule has 1 aliphatic heterocycles. The van der Waals surface area contributed by atoms with Gasteiger partial charge in [0.05, 0.1) is 11.6 Å². The third-order valence-electron chi connectivity index (χ3n) is 2.49. The van der Waals surface area contributed by atoms with Crippen LogP contribution in [0.25, 0.3) is 0 Å². The van der Waals surface area contributed by atoms with Crippen LogP contribution < -0.4 is 5.73 Å². The highest BCUT2D eigenvalue weighted by Gasteiger charge is 2.23. The van der Waals surface area contributed by atoms with E-state index < -0.39 is 6.10 Å². The molecule has 2 rings (SSSR count). The lowest BCUT2D eigenvalue weighted by Gasteiger charge is -2.07. The summed E-state index contributed by atoms with van der Waals surface area (Å²) in [5, 5.41) is 16.4. The standard InChI is InChI=1S/C12H11BrN4O2/c13-11-5-10(19-16-11)12(15)17-18-7-9-4-2-1-3-8(9)6-14/h1-4,10H,5,7H2,(H2,15,17). The lowest BCUT2D eigenvalue weighted by atomic mass is 10.1. The Morgan fingerprint density at radius 3 is 3.11 bits per heavy atom. The summed E-state index contributed by atoms with van der Waals surface area (Å²) in [5.74, 6) is 0.215. The summed E-state index contributed by atoms with van der Waals surface area (Å²) in [7, 11) is 0. The predicted molar refractivity (Wildman–Crippen MR) is 73.4 cm³/mol. The minimum atomic E-state index is -0.402. The molecule has 0 radical (unpaired) electrons. The maximum Gasteiger partial charge on any atom is 0.193 e. The van der Waals surface area contributed by atoms with Crippen molar-refractivity contribution in [2.75, 3.05) is 0 Å². The second-order valence-corrected chi connectivity index (χ2v) is 4.74. The molecule has 2 N–H and O–H groups in total. The number of nitrogens with zero attached hydrogens (tertiary/aromatic N) is 3. The van der Waals surface area contributed by atoms with Gasteiger partial charge in [-0.05, 0) is 22.0 Å². The molecular formula is C12H11BrN4O2. The van der Waals surface area contributed by atoms with Gasteiger partial charge in [0.2, 0.25) is 0 Å². The van der Waals surface area contributed by atoms with Crippen molar-refractivity contribution in [2.45, 2.75) is 19.1 Å². The summed E-state index contributed by atoms with van der Waals surface area (Å²) in [6, 6.07) is 9.23. The summed E-state index contributed by atoms with van der Waals surface area (Å²) >= 11 is 3.21. The first-order chi connectivity index (χ1) is 9.20. The first kappa shape index (κ1) is 13.4. The van der Waals surface area contributed by atoms with Gasteiger partial charge in [-0.1, -0.05) is 28.5 Å². The zero-order valence-corrected chi connectivity index (χ0v) is 11.5. The van der Waals surface area contributed by atoms with Gasteiger partial charge in [0.1, 0.15) is 11.2 Å². The first-order valence-corrected chi connectivity index (χ1v) is 6.31. The Labute approximate surface area is 118 Å². The SMILES string of the molecule is N#Cc1ccccc1CO/N=C(\N)C1CC(Br)=NO1. The number of hydrogen-bond acceptors (Lipinski definition) is 5. The quantitative estimate of drug-likeness (QED) is 0.520.